The smallest absolute Gasteiger partial charge is 0.296 e. The highest BCUT2D eigenvalue weighted by atomic mass is 16.6. The first-order valence-corrected chi connectivity index (χ1v) is 6.87. The summed E-state index contributed by atoms with van der Waals surface area (Å²) < 4.78 is 5.07. The highest BCUT2D eigenvalue weighted by Gasteiger charge is 2.31. The van der Waals surface area contributed by atoms with E-state index >= 15 is 0 Å². The van der Waals surface area contributed by atoms with E-state index < -0.39 is 0 Å². The van der Waals surface area contributed by atoms with Gasteiger partial charge in [-0.2, -0.15) is 0 Å². The van der Waals surface area contributed by atoms with E-state index in [0.717, 1.165) is 19.4 Å². The quantitative estimate of drug-likeness (QED) is 0.674. The molecule has 6 nitrogen and oxygen atoms in total. The largest absolute Gasteiger partial charge is 0.496 e. The SMILES string of the molecule is COc1ccc(N2CCCC(C)C2CN)c([N+](=O)[O-])c1. The van der Waals surface area contributed by atoms with Gasteiger partial charge in [0, 0.05) is 19.1 Å². The van der Waals surface area contributed by atoms with Crippen LogP contribution in [0.25, 0.3) is 0 Å². The van der Waals surface area contributed by atoms with Crippen LogP contribution in [0.1, 0.15) is 19.8 Å². The molecule has 6 heteroatoms. The minimum Gasteiger partial charge on any atom is -0.496 e. The van der Waals surface area contributed by atoms with Crippen LogP contribution in [0.2, 0.25) is 0 Å². The van der Waals surface area contributed by atoms with E-state index in [1.807, 2.05) is 0 Å². The van der Waals surface area contributed by atoms with Gasteiger partial charge in [0.05, 0.1) is 18.1 Å². The van der Waals surface area contributed by atoms with Crippen LogP contribution in [0.5, 0.6) is 5.75 Å². The number of piperidine rings is 1. The third kappa shape index (κ3) is 2.70. The van der Waals surface area contributed by atoms with Gasteiger partial charge >= 0.3 is 0 Å². The second-order valence-electron chi connectivity index (χ2n) is 5.23. The maximum Gasteiger partial charge on any atom is 0.296 e. The second kappa shape index (κ2) is 6.09. The summed E-state index contributed by atoms with van der Waals surface area (Å²) >= 11 is 0. The number of ether oxygens (including phenoxy) is 1. The zero-order chi connectivity index (χ0) is 14.7. The van der Waals surface area contributed by atoms with E-state index in [2.05, 4.69) is 11.8 Å². The van der Waals surface area contributed by atoms with Crippen molar-refractivity contribution < 1.29 is 9.66 Å². The Labute approximate surface area is 118 Å². The Balaban J connectivity index is 2.42. The van der Waals surface area contributed by atoms with Gasteiger partial charge in [-0.15, -0.1) is 0 Å². The summed E-state index contributed by atoms with van der Waals surface area (Å²) in [6.07, 6.45) is 2.14. The van der Waals surface area contributed by atoms with Crippen LogP contribution in [0.3, 0.4) is 0 Å². The number of methoxy groups -OCH3 is 1. The summed E-state index contributed by atoms with van der Waals surface area (Å²) in [4.78, 5) is 13.0. The Morgan fingerprint density at radius 2 is 2.30 bits per heavy atom. The molecule has 20 heavy (non-hydrogen) atoms. The Morgan fingerprint density at radius 1 is 1.55 bits per heavy atom. The molecular weight excluding hydrogens is 258 g/mol. The lowest BCUT2D eigenvalue weighted by atomic mass is 9.90. The van der Waals surface area contributed by atoms with Crippen LogP contribution in [0.4, 0.5) is 11.4 Å². The van der Waals surface area contributed by atoms with Crippen LogP contribution in [0.15, 0.2) is 18.2 Å². The van der Waals surface area contributed by atoms with Crippen molar-refractivity contribution in [2.75, 3.05) is 25.1 Å². The number of hydrogen-bond acceptors (Lipinski definition) is 5. The van der Waals surface area contributed by atoms with Gasteiger partial charge in [-0.05, 0) is 30.9 Å². The second-order valence-corrected chi connectivity index (χ2v) is 5.23. The summed E-state index contributed by atoms with van der Waals surface area (Å²) in [5.74, 6) is 0.935. The average molecular weight is 279 g/mol. The number of nitrogens with two attached hydrogens (primary N) is 1. The third-order valence-electron chi connectivity index (χ3n) is 4.05. The van der Waals surface area contributed by atoms with Gasteiger partial charge < -0.3 is 15.4 Å². The normalized spacial score (nSPS) is 22.6. The first-order valence-electron chi connectivity index (χ1n) is 6.87. The van der Waals surface area contributed by atoms with E-state index in [1.54, 1.807) is 12.1 Å². The fourth-order valence-electron chi connectivity index (χ4n) is 2.93. The molecule has 0 amide bonds. The maximum atomic E-state index is 11.3. The first-order chi connectivity index (χ1) is 9.58. The summed E-state index contributed by atoms with van der Waals surface area (Å²) in [6.45, 7) is 3.46. The van der Waals surface area contributed by atoms with E-state index in [0.29, 0.717) is 23.9 Å². The van der Waals surface area contributed by atoms with Crippen molar-refractivity contribution in [3.63, 3.8) is 0 Å². The van der Waals surface area contributed by atoms with Crippen LogP contribution in [0, 0.1) is 16.0 Å². The zero-order valence-electron chi connectivity index (χ0n) is 11.9. The van der Waals surface area contributed by atoms with Gasteiger partial charge in [0.15, 0.2) is 0 Å². The number of rotatable bonds is 4. The lowest BCUT2D eigenvalue weighted by molar-refractivity contribution is -0.384. The molecule has 2 unspecified atom stereocenters. The molecule has 1 aliphatic rings. The molecular formula is C14H21N3O3. The van der Waals surface area contributed by atoms with Gasteiger partial charge in [0.25, 0.3) is 5.69 Å². The number of hydrogen-bond donors (Lipinski definition) is 1. The first kappa shape index (κ1) is 14.6. The predicted octanol–water partition coefficient (Wildman–Crippen LogP) is 2.17. The molecule has 2 rings (SSSR count). The highest BCUT2D eigenvalue weighted by molar-refractivity contribution is 5.66. The zero-order valence-corrected chi connectivity index (χ0v) is 11.9. The molecule has 2 atom stereocenters. The van der Waals surface area contributed by atoms with Crippen LogP contribution >= 0.6 is 0 Å². The summed E-state index contributed by atoms with van der Waals surface area (Å²) in [5, 5.41) is 11.3. The molecule has 2 N–H and O–H groups in total. The number of nitrogens with zero attached hydrogens (tertiary/aromatic N) is 2. The third-order valence-corrected chi connectivity index (χ3v) is 4.05. The van der Waals surface area contributed by atoms with Crippen molar-refractivity contribution >= 4 is 11.4 Å². The minimum absolute atomic E-state index is 0.0805. The highest BCUT2D eigenvalue weighted by Crippen LogP contribution is 2.36. The molecule has 1 fully saturated rings. The fraction of sp³-hybridized carbons (Fsp3) is 0.571. The number of nitro groups is 1. The lowest BCUT2D eigenvalue weighted by Crippen LogP contribution is -2.49. The maximum absolute atomic E-state index is 11.3. The molecule has 1 aromatic rings. The monoisotopic (exact) mass is 279 g/mol. The van der Waals surface area contributed by atoms with Crippen LogP contribution < -0.4 is 15.4 Å². The van der Waals surface area contributed by atoms with Crippen molar-refractivity contribution in [3.05, 3.63) is 28.3 Å². The van der Waals surface area contributed by atoms with Crippen molar-refractivity contribution in [1.82, 2.24) is 0 Å². The van der Waals surface area contributed by atoms with Crippen molar-refractivity contribution in [1.29, 1.82) is 0 Å². The molecule has 110 valence electrons. The van der Waals surface area contributed by atoms with Crippen molar-refractivity contribution in [2.45, 2.75) is 25.8 Å². The van der Waals surface area contributed by atoms with Gasteiger partial charge in [0.2, 0.25) is 0 Å². The van der Waals surface area contributed by atoms with Gasteiger partial charge in [-0.25, -0.2) is 0 Å². The fourth-order valence-corrected chi connectivity index (χ4v) is 2.93. The molecule has 1 saturated heterocycles. The average Bonchev–Trinajstić information content (AvgIpc) is 2.46. The Morgan fingerprint density at radius 3 is 2.90 bits per heavy atom. The number of anilines is 1. The Bertz CT molecular complexity index is 493. The molecule has 0 saturated carbocycles. The van der Waals surface area contributed by atoms with E-state index in [4.69, 9.17) is 10.5 Å². The van der Waals surface area contributed by atoms with Crippen molar-refractivity contribution in [2.24, 2.45) is 11.7 Å². The summed E-state index contributed by atoms with van der Waals surface area (Å²) in [7, 11) is 1.50. The van der Waals surface area contributed by atoms with E-state index in [1.165, 1.54) is 13.2 Å². The number of benzene rings is 1. The van der Waals surface area contributed by atoms with Gasteiger partial charge in [-0.1, -0.05) is 6.92 Å². The standard InChI is InChI=1S/C14H21N3O3/c1-10-4-3-7-16(14(10)9-15)12-6-5-11(20-2)8-13(12)17(18)19/h5-6,8,10,14H,3-4,7,9,15H2,1-2H3. The minimum atomic E-state index is -0.356. The molecule has 0 aliphatic carbocycles. The Kier molecular flexibility index (Phi) is 4.44. The van der Waals surface area contributed by atoms with Crippen LogP contribution in [-0.4, -0.2) is 31.2 Å². The summed E-state index contributed by atoms with van der Waals surface area (Å²) in [5.41, 5.74) is 6.58. The predicted molar refractivity (Wildman–Crippen MR) is 78.2 cm³/mol. The number of nitro benzene ring substituents is 1. The van der Waals surface area contributed by atoms with Gasteiger partial charge in [-0.3, -0.25) is 10.1 Å². The lowest BCUT2D eigenvalue weighted by Gasteiger charge is -2.40. The molecule has 0 spiro atoms. The molecule has 1 aromatic carbocycles. The topological polar surface area (TPSA) is 81.6 Å². The van der Waals surface area contributed by atoms with E-state index in [-0.39, 0.29) is 16.7 Å². The Hall–Kier alpha value is -1.82. The molecule has 0 bridgehead atoms. The molecule has 0 radical (unpaired) electrons. The summed E-state index contributed by atoms with van der Waals surface area (Å²) in [6, 6.07) is 5.14. The molecule has 1 aliphatic heterocycles. The van der Waals surface area contributed by atoms with Crippen molar-refractivity contribution in [3.8, 4) is 5.75 Å². The van der Waals surface area contributed by atoms with Crippen LogP contribution in [-0.2, 0) is 0 Å². The molecule has 1 heterocycles. The molecule has 0 aromatic heterocycles. The van der Waals surface area contributed by atoms with E-state index in [9.17, 15) is 10.1 Å². The van der Waals surface area contributed by atoms with Gasteiger partial charge in [0.1, 0.15) is 11.4 Å².